The van der Waals surface area contributed by atoms with Crippen molar-refractivity contribution in [1.29, 1.82) is 0 Å². The van der Waals surface area contributed by atoms with Gasteiger partial charge in [0.2, 0.25) is 0 Å². The maximum absolute atomic E-state index is 5.70. The lowest BCUT2D eigenvalue weighted by atomic mass is 10.1. The summed E-state index contributed by atoms with van der Waals surface area (Å²) in [6.45, 7) is 12.7. The number of nitrogens with zero attached hydrogens (tertiary/aromatic N) is 3. The van der Waals surface area contributed by atoms with E-state index in [-0.39, 0.29) is 0 Å². The van der Waals surface area contributed by atoms with Gasteiger partial charge in [-0.15, -0.1) is 0 Å². The fourth-order valence-corrected chi connectivity index (χ4v) is 4.72. The molecule has 0 spiro atoms. The minimum absolute atomic E-state index is 0.644. The molecule has 0 amide bonds. The molecule has 2 aliphatic rings. The Balaban J connectivity index is 1.48. The van der Waals surface area contributed by atoms with Gasteiger partial charge in [0.05, 0.1) is 13.7 Å². The number of hydrogen-bond acceptors (Lipinski definition) is 4. The van der Waals surface area contributed by atoms with Crippen LogP contribution in [0, 0.1) is 5.92 Å². The number of aryl methyl sites for hydroxylation is 1. The summed E-state index contributed by atoms with van der Waals surface area (Å²) < 4.78 is 11.1. The fraction of sp³-hybridized carbons (Fsp3) is 0.720. The van der Waals surface area contributed by atoms with E-state index in [9.17, 15) is 0 Å². The van der Waals surface area contributed by atoms with Crippen LogP contribution >= 0.6 is 0 Å². The molecular formula is C25H42N4O2. The lowest BCUT2D eigenvalue weighted by Crippen LogP contribution is -2.41. The van der Waals surface area contributed by atoms with Crippen molar-refractivity contribution in [3.05, 3.63) is 23.8 Å². The number of likely N-dealkylation sites (tertiary alicyclic amines) is 2. The quantitative estimate of drug-likeness (QED) is 0.348. The van der Waals surface area contributed by atoms with Crippen molar-refractivity contribution in [3.63, 3.8) is 0 Å². The van der Waals surface area contributed by atoms with E-state index in [2.05, 4.69) is 34.2 Å². The largest absolute Gasteiger partial charge is 0.493 e. The van der Waals surface area contributed by atoms with Crippen LogP contribution in [0.25, 0.3) is 0 Å². The number of benzene rings is 1. The molecule has 1 unspecified atom stereocenters. The molecule has 2 saturated heterocycles. The zero-order valence-electron chi connectivity index (χ0n) is 19.9. The number of piperidine rings is 1. The maximum Gasteiger partial charge on any atom is 0.193 e. The van der Waals surface area contributed by atoms with Crippen molar-refractivity contribution in [2.24, 2.45) is 10.9 Å². The summed E-state index contributed by atoms with van der Waals surface area (Å²) in [5.41, 5.74) is 1.27. The van der Waals surface area contributed by atoms with Crippen LogP contribution in [-0.4, -0.2) is 75.3 Å². The van der Waals surface area contributed by atoms with E-state index in [1.165, 1.54) is 50.9 Å². The van der Waals surface area contributed by atoms with E-state index in [0.29, 0.717) is 6.61 Å². The molecule has 6 heteroatoms. The van der Waals surface area contributed by atoms with Crippen molar-refractivity contribution in [2.45, 2.75) is 52.4 Å². The average molecular weight is 431 g/mol. The van der Waals surface area contributed by atoms with Gasteiger partial charge in [-0.1, -0.05) is 12.5 Å². The van der Waals surface area contributed by atoms with Crippen LogP contribution < -0.4 is 14.8 Å². The number of ether oxygens (including phenoxy) is 2. The van der Waals surface area contributed by atoms with Gasteiger partial charge in [-0.3, -0.25) is 4.99 Å². The Morgan fingerprint density at radius 3 is 2.71 bits per heavy atom. The van der Waals surface area contributed by atoms with E-state index < -0.39 is 0 Å². The van der Waals surface area contributed by atoms with Gasteiger partial charge in [-0.25, -0.2) is 0 Å². The van der Waals surface area contributed by atoms with Crippen molar-refractivity contribution >= 4 is 5.96 Å². The molecule has 0 aromatic heterocycles. The van der Waals surface area contributed by atoms with Gasteiger partial charge in [0.25, 0.3) is 0 Å². The van der Waals surface area contributed by atoms with E-state index in [0.717, 1.165) is 62.4 Å². The van der Waals surface area contributed by atoms with Gasteiger partial charge in [0.1, 0.15) is 0 Å². The zero-order chi connectivity index (χ0) is 21.9. The number of nitrogens with one attached hydrogen (secondary N) is 1. The molecule has 0 aliphatic carbocycles. The van der Waals surface area contributed by atoms with Gasteiger partial charge in [0.15, 0.2) is 17.5 Å². The molecule has 174 valence electrons. The monoisotopic (exact) mass is 430 g/mol. The van der Waals surface area contributed by atoms with E-state index >= 15 is 0 Å². The van der Waals surface area contributed by atoms with Gasteiger partial charge in [0, 0.05) is 32.7 Å². The van der Waals surface area contributed by atoms with Crippen LogP contribution in [0.4, 0.5) is 0 Å². The first-order chi connectivity index (χ1) is 15.2. The summed E-state index contributed by atoms with van der Waals surface area (Å²) in [5.74, 6) is 3.49. The van der Waals surface area contributed by atoms with Gasteiger partial charge in [-0.05, 0) is 82.7 Å². The van der Waals surface area contributed by atoms with Crippen LogP contribution in [0.2, 0.25) is 0 Å². The number of rotatable bonds is 10. The first-order valence-electron chi connectivity index (χ1n) is 12.3. The van der Waals surface area contributed by atoms with E-state index in [1.54, 1.807) is 7.11 Å². The average Bonchev–Trinajstić information content (AvgIpc) is 3.25. The van der Waals surface area contributed by atoms with Crippen LogP contribution in [0.1, 0.15) is 51.5 Å². The summed E-state index contributed by atoms with van der Waals surface area (Å²) in [4.78, 5) is 10.1. The lowest BCUT2D eigenvalue weighted by molar-refractivity contribution is 0.198. The third-order valence-electron chi connectivity index (χ3n) is 6.30. The molecule has 0 saturated carbocycles. The normalized spacial score (nSPS) is 20.2. The Morgan fingerprint density at radius 1 is 1.13 bits per heavy atom. The van der Waals surface area contributed by atoms with E-state index in [1.807, 2.05) is 13.0 Å². The number of aliphatic imine (C=N–C) groups is 1. The highest BCUT2D eigenvalue weighted by molar-refractivity contribution is 5.80. The standard InChI is InChI=1S/C25H42N4O2/c1-4-26-25(29-17-13-22(20-29)19-28-15-7-6-8-16-28)27-14-9-10-21-11-12-23(30-3)24(18-21)31-5-2/h11-12,18,22H,4-10,13-17,19-20H2,1-3H3,(H,26,27). The minimum Gasteiger partial charge on any atom is -0.493 e. The summed E-state index contributed by atoms with van der Waals surface area (Å²) >= 11 is 0. The molecule has 1 aromatic carbocycles. The Hall–Kier alpha value is -1.95. The Morgan fingerprint density at radius 2 is 1.97 bits per heavy atom. The van der Waals surface area contributed by atoms with E-state index in [4.69, 9.17) is 14.5 Å². The highest BCUT2D eigenvalue weighted by Gasteiger charge is 2.26. The predicted molar refractivity (Wildman–Crippen MR) is 128 cm³/mol. The molecule has 1 N–H and O–H groups in total. The van der Waals surface area contributed by atoms with Crippen molar-refractivity contribution in [3.8, 4) is 11.5 Å². The van der Waals surface area contributed by atoms with Crippen molar-refractivity contribution in [1.82, 2.24) is 15.1 Å². The maximum atomic E-state index is 5.70. The molecule has 2 aliphatic heterocycles. The highest BCUT2D eigenvalue weighted by Crippen LogP contribution is 2.28. The second-order valence-electron chi connectivity index (χ2n) is 8.72. The number of methoxy groups -OCH3 is 1. The summed E-state index contributed by atoms with van der Waals surface area (Å²) in [5, 5.41) is 3.51. The third-order valence-corrected chi connectivity index (χ3v) is 6.30. The van der Waals surface area contributed by atoms with Crippen LogP contribution in [0.15, 0.2) is 23.2 Å². The Kier molecular flexibility index (Phi) is 9.79. The molecular weight excluding hydrogens is 388 g/mol. The zero-order valence-corrected chi connectivity index (χ0v) is 19.9. The lowest BCUT2D eigenvalue weighted by Gasteiger charge is -2.29. The topological polar surface area (TPSA) is 49.3 Å². The number of guanidine groups is 1. The van der Waals surface area contributed by atoms with Gasteiger partial charge in [-0.2, -0.15) is 0 Å². The first-order valence-corrected chi connectivity index (χ1v) is 12.3. The highest BCUT2D eigenvalue weighted by atomic mass is 16.5. The van der Waals surface area contributed by atoms with Crippen LogP contribution in [-0.2, 0) is 6.42 Å². The second-order valence-corrected chi connectivity index (χ2v) is 8.72. The third kappa shape index (κ3) is 7.30. The molecule has 6 nitrogen and oxygen atoms in total. The summed E-state index contributed by atoms with van der Waals surface area (Å²) in [7, 11) is 1.68. The molecule has 0 bridgehead atoms. The van der Waals surface area contributed by atoms with Gasteiger partial charge < -0.3 is 24.6 Å². The summed E-state index contributed by atoms with van der Waals surface area (Å²) in [6, 6.07) is 6.23. The SMILES string of the molecule is CCNC(=NCCCc1ccc(OC)c(OCC)c1)N1CCC(CN2CCCCC2)C1. The summed E-state index contributed by atoms with van der Waals surface area (Å²) in [6.07, 6.45) is 7.46. The van der Waals surface area contributed by atoms with Crippen LogP contribution in [0.3, 0.4) is 0 Å². The molecule has 1 atom stereocenters. The fourth-order valence-electron chi connectivity index (χ4n) is 4.72. The Labute approximate surface area is 189 Å². The minimum atomic E-state index is 0.644. The van der Waals surface area contributed by atoms with Crippen LogP contribution in [0.5, 0.6) is 11.5 Å². The molecule has 2 fully saturated rings. The van der Waals surface area contributed by atoms with Crippen molar-refractivity contribution in [2.75, 3.05) is 59.5 Å². The molecule has 1 aromatic rings. The first kappa shape index (κ1) is 23.7. The number of hydrogen-bond donors (Lipinski definition) is 1. The van der Waals surface area contributed by atoms with Crippen molar-refractivity contribution < 1.29 is 9.47 Å². The predicted octanol–water partition coefficient (Wildman–Crippen LogP) is 3.80. The second kappa shape index (κ2) is 12.8. The molecule has 0 radical (unpaired) electrons. The molecule has 31 heavy (non-hydrogen) atoms. The Bertz CT molecular complexity index is 688. The van der Waals surface area contributed by atoms with Gasteiger partial charge >= 0.3 is 0 Å². The molecule has 2 heterocycles. The molecule has 3 rings (SSSR count). The smallest absolute Gasteiger partial charge is 0.193 e.